The Morgan fingerprint density at radius 2 is 0.864 bits per heavy atom. The molecule has 2 aliphatic heterocycles. The van der Waals surface area contributed by atoms with Crippen LogP contribution < -0.4 is 41.4 Å². The third-order valence-corrected chi connectivity index (χ3v) is 8.93. The lowest BCUT2D eigenvalue weighted by Crippen LogP contribution is -2.47. The molecule has 0 radical (unpaired) electrons. The zero-order valence-electron chi connectivity index (χ0n) is 33.2. The molecule has 2 aromatic heterocycles. The van der Waals surface area contributed by atoms with E-state index in [1.54, 1.807) is 38.5 Å². The van der Waals surface area contributed by atoms with E-state index in [1.165, 1.54) is 0 Å². The second kappa shape index (κ2) is 30.5. The number of nitrogens with two attached hydrogens (primary N) is 2. The lowest BCUT2D eigenvalue weighted by atomic mass is 10.2. The lowest BCUT2D eigenvalue weighted by Gasteiger charge is -2.35. The first kappa shape index (κ1) is 58.8. The van der Waals surface area contributed by atoms with Crippen molar-refractivity contribution in [1.82, 2.24) is 19.8 Å². The summed E-state index contributed by atoms with van der Waals surface area (Å²) in [6.07, 6.45) is 0.948. The normalized spacial score (nSPS) is 13.1. The summed E-state index contributed by atoms with van der Waals surface area (Å²) in [7, 11) is 3.25. The van der Waals surface area contributed by atoms with Crippen LogP contribution in [0.2, 0.25) is 0 Å². The van der Waals surface area contributed by atoms with E-state index in [2.05, 4.69) is 40.2 Å². The number of carbonyl (C=O) groups is 2. The zero-order chi connectivity index (χ0) is 36.7. The van der Waals surface area contributed by atoms with Gasteiger partial charge in [0.05, 0.1) is 14.2 Å². The van der Waals surface area contributed by atoms with Crippen molar-refractivity contribution in [3.8, 4) is 11.8 Å². The maximum atomic E-state index is 12.1. The van der Waals surface area contributed by atoms with Crippen LogP contribution >= 0.6 is 49.6 Å². The maximum Gasteiger partial charge on any atom is 0.225 e. The molecule has 332 valence electrons. The standard InChI is InChI=1S/2C19H25N5O2.4ClH.3H2O/c2*1-26-19-4-2-3-17(22-19)24-13-11-23(12-14-24)10-9-18(25)21-16-7-5-15(20)6-8-16;;;;;;;/h2*2-8H,9-14,20H2,1H3,(H,21,25);4*1H;3*1H2. The monoisotopic (exact) mass is 908 g/mol. The highest BCUT2D eigenvalue weighted by Crippen LogP contribution is 2.19. The van der Waals surface area contributed by atoms with E-state index < -0.39 is 0 Å². The number of anilines is 6. The third-order valence-electron chi connectivity index (χ3n) is 8.93. The molecule has 0 unspecified atom stereocenters. The van der Waals surface area contributed by atoms with Crippen LogP contribution in [0.25, 0.3) is 0 Å². The number of halogens is 4. The SMILES string of the molecule is COc1cccc(N2CCN(CCC(=O)Nc3ccc(N)cc3)CC2)n1.COc1cccc(N2CCN(CCC(=O)Nc3ccc(N)cc3)CC2)n1.Cl.Cl.Cl.Cl.O.O.O. The minimum Gasteiger partial charge on any atom is -0.481 e. The van der Waals surface area contributed by atoms with Crippen molar-refractivity contribution in [1.29, 1.82) is 0 Å². The van der Waals surface area contributed by atoms with E-state index in [4.69, 9.17) is 20.9 Å². The summed E-state index contributed by atoms with van der Waals surface area (Å²) < 4.78 is 10.4. The van der Waals surface area contributed by atoms with Gasteiger partial charge in [-0.2, -0.15) is 9.97 Å². The summed E-state index contributed by atoms with van der Waals surface area (Å²) in [6.45, 7) is 8.70. The molecule has 21 heteroatoms. The summed E-state index contributed by atoms with van der Waals surface area (Å²) in [4.78, 5) is 42.2. The van der Waals surface area contributed by atoms with Gasteiger partial charge in [-0.25, -0.2) is 0 Å². The van der Waals surface area contributed by atoms with Gasteiger partial charge in [-0.3, -0.25) is 19.4 Å². The van der Waals surface area contributed by atoms with Gasteiger partial charge in [0.2, 0.25) is 23.6 Å². The van der Waals surface area contributed by atoms with Gasteiger partial charge in [0, 0.05) is 113 Å². The van der Waals surface area contributed by atoms with Gasteiger partial charge in [-0.05, 0) is 60.7 Å². The number of amides is 2. The number of nitrogens with one attached hydrogen (secondary N) is 2. The van der Waals surface area contributed by atoms with Crippen LogP contribution in [0.15, 0.2) is 84.9 Å². The minimum atomic E-state index is 0. The van der Waals surface area contributed by atoms with Crippen LogP contribution in [0, 0.1) is 0 Å². The molecule has 0 bridgehead atoms. The molecule has 0 atom stereocenters. The average Bonchev–Trinajstić information content (AvgIpc) is 3.19. The van der Waals surface area contributed by atoms with E-state index in [1.807, 2.05) is 60.7 Å². The first-order valence-electron chi connectivity index (χ1n) is 17.6. The van der Waals surface area contributed by atoms with E-state index in [9.17, 15) is 9.59 Å². The first-order chi connectivity index (χ1) is 25.3. The highest BCUT2D eigenvalue weighted by molar-refractivity contribution is 5.91. The Morgan fingerprint density at radius 1 is 0.542 bits per heavy atom. The number of aromatic nitrogens is 2. The number of methoxy groups -OCH3 is 2. The molecule has 2 fully saturated rings. The van der Waals surface area contributed by atoms with Crippen LogP contribution in [-0.2, 0) is 9.59 Å². The second-order valence-corrected chi connectivity index (χ2v) is 12.6. The van der Waals surface area contributed by atoms with E-state index in [0.717, 1.165) is 88.5 Å². The number of hydrogen-bond donors (Lipinski definition) is 4. The van der Waals surface area contributed by atoms with Gasteiger partial charge in [0.15, 0.2) is 0 Å². The molecule has 2 aromatic carbocycles. The molecular weight excluding hydrogens is 850 g/mol. The van der Waals surface area contributed by atoms with Crippen molar-refractivity contribution in [2.45, 2.75) is 12.8 Å². The molecule has 0 saturated carbocycles. The molecule has 4 aromatic rings. The van der Waals surface area contributed by atoms with Crippen molar-refractivity contribution in [3.63, 3.8) is 0 Å². The van der Waals surface area contributed by atoms with Crippen LogP contribution in [-0.4, -0.2) is 128 Å². The third kappa shape index (κ3) is 19.4. The average molecular weight is 911 g/mol. The van der Waals surface area contributed by atoms with Crippen molar-refractivity contribution in [3.05, 3.63) is 84.9 Å². The molecular formula is C38H60Cl4N10O7. The Bertz CT molecular complexity index is 1610. The number of pyridine rings is 2. The predicted octanol–water partition coefficient (Wildman–Crippen LogP) is 2.86. The van der Waals surface area contributed by atoms with Crippen molar-refractivity contribution < 1.29 is 35.5 Å². The fourth-order valence-corrected chi connectivity index (χ4v) is 5.89. The van der Waals surface area contributed by atoms with E-state index in [0.29, 0.717) is 36.0 Å². The van der Waals surface area contributed by atoms with Gasteiger partial charge < -0.3 is 57.8 Å². The van der Waals surface area contributed by atoms with Crippen LogP contribution in [0.5, 0.6) is 11.8 Å². The minimum absolute atomic E-state index is 0. The summed E-state index contributed by atoms with van der Waals surface area (Å²) >= 11 is 0. The van der Waals surface area contributed by atoms with E-state index >= 15 is 0 Å². The van der Waals surface area contributed by atoms with Gasteiger partial charge in [0.25, 0.3) is 0 Å². The molecule has 6 rings (SSSR count). The zero-order valence-corrected chi connectivity index (χ0v) is 36.4. The maximum absolute atomic E-state index is 12.1. The fourth-order valence-electron chi connectivity index (χ4n) is 5.89. The van der Waals surface area contributed by atoms with Gasteiger partial charge in [-0.1, -0.05) is 12.1 Å². The summed E-state index contributed by atoms with van der Waals surface area (Å²) in [5.74, 6) is 3.17. The number of piperazine rings is 2. The highest BCUT2D eigenvalue weighted by Gasteiger charge is 2.20. The first-order valence-corrected chi connectivity index (χ1v) is 17.6. The van der Waals surface area contributed by atoms with Crippen molar-refractivity contribution in [2.75, 3.05) is 112 Å². The molecule has 17 nitrogen and oxygen atoms in total. The van der Waals surface area contributed by atoms with Crippen molar-refractivity contribution in [2.24, 2.45) is 0 Å². The Hall–Kier alpha value is -4.56. The largest absolute Gasteiger partial charge is 0.481 e. The smallest absolute Gasteiger partial charge is 0.225 e. The molecule has 2 saturated heterocycles. The summed E-state index contributed by atoms with van der Waals surface area (Å²) in [6, 6.07) is 26.0. The molecule has 2 aliphatic rings. The number of hydrogen-bond acceptors (Lipinski definition) is 12. The van der Waals surface area contributed by atoms with Crippen molar-refractivity contribution >= 4 is 95.8 Å². The predicted molar refractivity (Wildman–Crippen MR) is 247 cm³/mol. The van der Waals surface area contributed by atoms with Crippen LogP contribution in [0.3, 0.4) is 0 Å². The number of benzene rings is 2. The highest BCUT2D eigenvalue weighted by atomic mass is 35.5. The number of rotatable bonds is 12. The number of nitrogens with zero attached hydrogens (tertiary/aromatic N) is 6. The molecule has 2 amide bonds. The number of carbonyl (C=O) groups excluding carboxylic acids is 2. The molecule has 4 heterocycles. The van der Waals surface area contributed by atoms with Crippen LogP contribution in [0.4, 0.5) is 34.4 Å². The molecule has 0 aliphatic carbocycles. The van der Waals surface area contributed by atoms with E-state index in [-0.39, 0.29) is 77.9 Å². The fraction of sp³-hybridized carbons (Fsp3) is 0.368. The Kier molecular flexibility index (Phi) is 30.4. The topological polar surface area (TPSA) is 262 Å². The Morgan fingerprint density at radius 3 is 1.17 bits per heavy atom. The molecule has 12 N–H and O–H groups in total. The lowest BCUT2D eigenvalue weighted by molar-refractivity contribution is -0.117. The summed E-state index contributed by atoms with van der Waals surface area (Å²) in [5.41, 5.74) is 14.2. The van der Waals surface area contributed by atoms with Crippen LogP contribution in [0.1, 0.15) is 12.8 Å². The molecule has 0 spiro atoms. The summed E-state index contributed by atoms with van der Waals surface area (Å²) in [5, 5.41) is 5.80. The second-order valence-electron chi connectivity index (χ2n) is 12.6. The molecule has 59 heavy (non-hydrogen) atoms. The number of ether oxygens (including phenoxy) is 2. The van der Waals surface area contributed by atoms with Gasteiger partial charge in [0.1, 0.15) is 11.6 Å². The van der Waals surface area contributed by atoms with Gasteiger partial charge >= 0.3 is 0 Å². The Balaban J connectivity index is -0.000000950. The Labute approximate surface area is 370 Å². The quantitative estimate of drug-likeness (QED) is 0.150. The van der Waals surface area contributed by atoms with Gasteiger partial charge in [-0.15, -0.1) is 49.6 Å². The number of nitrogen functional groups attached to an aromatic ring is 2.